The molecule has 2 bridgehead atoms. The van der Waals surface area contributed by atoms with Crippen LogP contribution in [0.3, 0.4) is 0 Å². The molecule has 2 aromatic rings. The molecular weight excluding hydrogens is 472 g/mol. The molecule has 1 saturated heterocycles. The summed E-state index contributed by atoms with van der Waals surface area (Å²) < 4.78 is 0. The zero-order valence-corrected chi connectivity index (χ0v) is 20.2. The van der Waals surface area contributed by atoms with E-state index in [0.29, 0.717) is 32.3 Å². The molecule has 0 amide bonds. The van der Waals surface area contributed by atoms with Crippen molar-refractivity contribution < 1.29 is 4.79 Å². The fourth-order valence-corrected chi connectivity index (χ4v) is 6.96. The van der Waals surface area contributed by atoms with E-state index in [4.69, 9.17) is 46.4 Å². The molecule has 1 heterocycles. The van der Waals surface area contributed by atoms with Gasteiger partial charge in [-0.1, -0.05) is 65.0 Å². The third-order valence-electron chi connectivity index (χ3n) is 7.71. The van der Waals surface area contributed by atoms with Crippen molar-refractivity contribution in [1.29, 1.82) is 0 Å². The topological polar surface area (TPSA) is 20.3 Å². The van der Waals surface area contributed by atoms with Crippen LogP contribution in [0, 0.1) is 5.92 Å². The Bertz CT molecular complexity index is 955. The number of piperidine rings is 1. The van der Waals surface area contributed by atoms with Gasteiger partial charge in [0.25, 0.3) is 0 Å². The summed E-state index contributed by atoms with van der Waals surface area (Å²) in [5.74, 6) is 0.508. The molecule has 2 unspecified atom stereocenters. The van der Waals surface area contributed by atoms with Gasteiger partial charge in [-0.3, -0.25) is 9.69 Å². The molecule has 6 heteroatoms. The highest BCUT2D eigenvalue weighted by molar-refractivity contribution is 6.42. The number of halogens is 4. The summed E-state index contributed by atoms with van der Waals surface area (Å²) in [7, 11) is 0. The van der Waals surface area contributed by atoms with Gasteiger partial charge in [-0.15, -0.1) is 0 Å². The Morgan fingerprint density at radius 3 is 1.74 bits per heavy atom. The normalized spacial score (nSPS) is 31.2. The minimum atomic E-state index is -0.111. The number of rotatable bonds is 3. The lowest BCUT2D eigenvalue weighted by atomic mass is 9.52. The van der Waals surface area contributed by atoms with Gasteiger partial charge in [0.1, 0.15) is 5.78 Å². The molecule has 164 valence electrons. The number of benzene rings is 2. The number of carbonyl (C=O) groups is 1. The Morgan fingerprint density at radius 1 is 0.742 bits per heavy atom. The average Bonchev–Trinajstić information content (AvgIpc) is 2.78. The molecule has 0 radical (unpaired) electrons. The van der Waals surface area contributed by atoms with Gasteiger partial charge in [-0.2, -0.15) is 0 Å². The Kier molecular flexibility index (Phi) is 6.07. The van der Waals surface area contributed by atoms with Gasteiger partial charge in [0, 0.05) is 17.9 Å². The van der Waals surface area contributed by atoms with Crippen LogP contribution in [-0.4, -0.2) is 29.3 Å². The second-order valence-corrected chi connectivity index (χ2v) is 11.0. The SMILES string of the molecule is O=C1CC2(N3CCCCC3)CC(c3ccc(Cl)c(Cl)c3)C1C(c1ccc(Cl)c(Cl)c1)C2. The first-order chi connectivity index (χ1) is 14.9. The minimum Gasteiger partial charge on any atom is -0.299 e. The summed E-state index contributed by atoms with van der Waals surface area (Å²) in [6.07, 6.45) is 6.30. The van der Waals surface area contributed by atoms with E-state index in [1.54, 1.807) is 0 Å². The summed E-state index contributed by atoms with van der Waals surface area (Å²) in [6, 6.07) is 11.7. The van der Waals surface area contributed by atoms with Crippen molar-refractivity contribution in [2.75, 3.05) is 13.1 Å². The fourth-order valence-electron chi connectivity index (χ4n) is 6.35. The van der Waals surface area contributed by atoms with Crippen molar-refractivity contribution in [3.63, 3.8) is 0 Å². The quantitative estimate of drug-likeness (QED) is 0.432. The van der Waals surface area contributed by atoms with Gasteiger partial charge in [0.2, 0.25) is 0 Å². The van der Waals surface area contributed by atoms with E-state index in [0.717, 1.165) is 37.1 Å². The molecule has 2 aromatic carbocycles. The molecule has 0 aromatic heterocycles. The van der Waals surface area contributed by atoms with Crippen LogP contribution >= 0.6 is 46.4 Å². The Balaban J connectivity index is 1.61. The van der Waals surface area contributed by atoms with E-state index >= 15 is 0 Å². The standard InChI is InChI=1S/C25H25Cl4NO/c26-19-6-4-15(10-21(19)28)17-12-25(30-8-2-1-3-9-30)13-18(24(17)23(31)14-25)16-5-7-20(27)22(29)11-16/h4-7,10-11,17-18,24H,1-3,8-9,12-14H2. The van der Waals surface area contributed by atoms with E-state index in [9.17, 15) is 4.79 Å². The highest BCUT2D eigenvalue weighted by Gasteiger charge is 2.57. The molecule has 0 N–H and O–H groups in total. The van der Waals surface area contributed by atoms with E-state index in [1.165, 1.54) is 19.3 Å². The molecule has 31 heavy (non-hydrogen) atoms. The molecular formula is C25H25Cl4NO. The Morgan fingerprint density at radius 2 is 1.26 bits per heavy atom. The van der Waals surface area contributed by atoms with Gasteiger partial charge in [-0.25, -0.2) is 0 Å². The number of fused-ring (bicyclic) bond motifs is 3. The van der Waals surface area contributed by atoms with Crippen LogP contribution < -0.4 is 0 Å². The molecule has 3 aliphatic carbocycles. The van der Waals surface area contributed by atoms with Gasteiger partial charge in [-0.05, 0) is 86.0 Å². The summed E-state index contributed by atoms with van der Waals surface area (Å²) in [6.45, 7) is 2.14. The van der Waals surface area contributed by atoms with Crippen LogP contribution in [0.25, 0.3) is 0 Å². The van der Waals surface area contributed by atoms with Crippen LogP contribution in [0.2, 0.25) is 20.1 Å². The number of hydrogen-bond donors (Lipinski definition) is 0. The average molecular weight is 497 g/mol. The van der Waals surface area contributed by atoms with Gasteiger partial charge >= 0.3 is 0 Å². The molecule has 6 rings (SSSR count). The lowest BCUT2D eigenvalue weighted by Crippen LogP contribution is -2.62. The first-order valence-corrected chi connectivity index (χ1v) is 12.6. The maximum absolute atomic E-state index is 13.6. The molecule has 1 aliphatic heterocycles. The third-order valence-corrected chi connectivity index (χ3v) is 9.19. The molecule has 3 saturated carbocycles. The van der Waals surface area contributed by atoms with Crippen molar-refractivity contribution in [3.05, 3.63) is 67.6 Å². The van der Waals surface area contributed by atoms with Crippen LogP contribution in [0.1, 0.15) is 61.5 Å². The second kappa shape index (κ2) is 8.54. The van der Waals surface area contributed by atoms with Gasteiger partial charge in [0.05, 0.1) is 20.1 Å². The predicted molar refractivity (Wildman–Crippen MR) is 129 cm³/mol. The summed E-state index contributed by atoms with van der Waals surface area (Å²) in [5, 5.41) is 2.19. The van der Waals surface area contributed by atoms with E-state index < -0.39 is 0 Å². The summed E-state index contributed by atoms with van der Waals surface area (Å²) >= 11 is 25.2. The highest BCUT2D eigenvalue weighted by Crippen LogP contribution is 2.59. The highest BCUT2D eigenvalue weighted by atomic mass is 35.5. The smallest absolute Gasteiger partial charge is 0.139 e. The van der Waals surface area contributed by atoms with E-state index in [1.807, 2.05) is 36.4 Å². The van der Waals surface area contributed by atoms with Crippen molar-refractivity contribution in [2.45, 2.75) is 55.9 Å². The first kappa shape index (κ1) is 22.0. The Labute approximate surface area is 203 Å². The maximum Gasteiger partial charge on any atom is 0.139 e. The number of Topliss-reactive ketones (excluding diaryl/α,β-unsaturated/α-hetero) is 1. The summed E-state index contributed by atoms with van der Waals surface area (Å²) in [5.41, 5.74) is 2.11. The van der Waals surface area contributed by atoms with Crippen molar-refractivity contribution in [1.82, 2.24) is 4.90 Å². The van der Waals surface area contributed by atoms with Crippen LogP contribution in [-0.2, 0) is 4.79 Å². The molecule has 4 aliphatic rings. The van der Waals surface area contributed by atoms with Crippen LogP contribution in [0.15, 0.2) is 36.4 Å². The lowest BCUT2D eigenvalue weighted by molar-refractivity contribution is -0.140. The van der Waals surface area contributed by atoms with Gasteiger partial charge < -0.3 is 0 Å². The zero-order chi connectivity index (χ0) is 21.8. The number of carbonyl (C=O) groups excluding carboxylic acids is 1. The van der Waals surface area contributed by atoms with Crippen molar-refractivity contribution in [3.8, 4) is 0 Å². The molecule has 2 nitrogen and oxygen atoms in total. The van der Waals surface area contributed by atoms with E-state index in [-0.39, 0.29) is 23.3 Å². The monoisotopic (exact) mass is 495 g/mol. The van der Waals surface area contributed by atoms with Crippen LogP contribution in [0.4, 0.5) is 0 Å². The summed E-state index contributed by atoms with van der Waals surface area (Å²) in [4.78, 5) is 16.2. The maximum atomic E-state index is 13.6. The largest absolute Gasteiger partial charge is 0.299 e. The Hall–Kier alpha value is -0.770. The van der Waals surface area contributed by atoms with E-state index in [2.05, 4.69) is 4.90 Å². The van der Waals surface area contributed by atoms with Crippen LogP contribution in [0.5, 0.6) is 0 Å². The molecule has 2 atom stereocenters. The fraction of sp³-hybridized carbons (Fsp3) is 0.480. The first-order valence-electron chi connectivity index (χ1n) is 11.1. The zero-order valence-electron chi connectivity index (χ0n) is 17.2. The number of likely N-dealkylation sites (tertiary alicyclic amines) is 1. The second-order valence-electron chi connectivity index (χ2n) is 9.41. The minimum absolute atomic E-state index is 0.0823. The number of hydrogen-bond acceptors (Lipinski definition) is 2. The predicted octanol–water partition coefficient (Wildman–Crippen LogP) is 7.78. The van der Waals surface area contributed by atoms with Crippen molar-refractivity contribution in [2.24, 2.45) is 5.92 Å². The lowest BCUT2D eigenvalue weighted by Gasteiger charge is -2.59. The number of ketones is 1. The van der Waals surface area contributed by atoms with Crippen molar-refractivity contribution >= 4 is 52.2 Å². The molecule has 0 spiro atoms. The third kappa shape index (κ3) is 3.93. The van der Waals surface area contributed by atoms with Gasteiger partial charge in [0.15, 0.2) is 0 Å². The number of nitrogens with zero attached hydrogens (tertiary/aromatic N) is 1. The molecule has 4 fully saturated rings.